The molecular weight excluding hydrogens is 395 g/mol. The van der Waals surface area contributed by atoms with Gasteiger partial charge < -0.3 is 10.4 Å². The molecule has 0 fully saturated rings. The van der Waals surface area contributed by atoms with E-state index in [0.717, 1.165) is 16.8 Å². The molecular formula is C25H26FN2OS+. The predicted molar refractivity (Wildman–Crippen MR) is 125 cm³/mol. The Kier molecular flexibility index (Phi) is 6.32. The first-order valence-corrected chi connectivity index (χ1v) is 10.2. The van der Waals surface area contributed by atoms with Crippen LogP contribution in [-0.2, 0) is 5.41 Å². The molecule has 0 spiro atoms. The Morgan fingerprint density at radius 3 is 2.13 bits per heavy atom. The fraction of sp³-hybridized carbons (Fsp3) is 0.200. The molecule has 0 aliphatic carbocycles. The Balaban J connectivity index is 2.09. The third-order valence-electron chi connectivity index (χ3n) is 4.90. The van der Waals surface area contributed by atoms with Crippen LogP contribution in [-0.4, -0.2) is 10.1 Å². The zero-order chi connectivity index (χ0) is 21.9. The van der Waals surface area contributed by atoms with E-state index in [1.165, 1.54) is 24.3 Å². The summed E-state index contributed by atoms with van der Waals surface area (Å²) in [6.45, 7) is 8.41. The number of thiocarbonyl (C=S) groups is 1. The van der Waals surface area contributed by atoms with Crippen LogP contribution in [0.1, 0.15) is 37.5 Å². The van der Waals surface area contributed by atoms with E-state index in [2.05, 4.69) is 26.1 Å². The number of para-hydroxylation sites is 1. The van der Waals surface area contributed by atoms with E-state index in [9.17, 15) is 9.50 Å². The van der Waals surface area contributed by atoms with E-state index in [1.807, 2.05) is 55.7 Å². The molecule has 3 rings (SSSR count). The highest BCUT2D eigenvalue weighted by atomic mass is 32.1. The van der Waals surface area contributed by atoms with Crippen LogP contribution in [0.5, 0.6) is 0 Å². The molecule has 0 unspecified atom stereocenters. The lowest BCUT2D eigenvalue weighted by atomic mass is 9.88. The Hall–Kier alpha value is -3.05. The first-order valence-electron chi connectivity index (χ1n) is 9.75. The molecule has 154 valence electrons. The summed E-state index contributed by atoms with van der Waals surface area (Å²) >= 11 is 5.68. The van der Waals surface area contributed by atoms with E-state index >= 15 is 0 Å². The number of rotatable bonds is 4. The SMILES string of the molecule is Cc1ccccc1NC(=S)/C(=C(/O)c1ccc(F)cc1)[n+]1ccc(C(C)(C)C)cc1. The second kappa shape index (κ2) is 8.76. The molecule has 0 amide bonds. The summed E-state index contributed by atoms with van der Waals surface area (Å²) < 4.78 is 15.2. The topological polar surface area (TPSA) is 36.1 Å². The van der Waals surface area contributed by atoms with Gasteiger partial charge in [-0.2, -0.15) is 4.57 Å². The standard InChI is InChI=1S/C25H25FN2OS/c1-17-7-5-6-8-21(17)27-24(30)22(23(29)18-9-11-20(26)12-10-18)28-15-13-19(14-16-28)25(2,3)4/h5-16H,1-4H3,(H-,27,29,30)/p+1. The van der Waals surface area contributed by atoms with Gasteiger partial charge in [0.05, 0.1) is 0 Å². The van der Waals surface area contributed by atoms with Gasteiger partial charge in [0.25, 0.3) is 5.70 Å². The van der Waals surface area contributed by atoms with Gasteiger partial charge in [-0.3, -0.25) is 0 Å². The van der Waals surface area contributed by atoms with Crippen LogP contribution in [0.3, 0.4) is 0 Å². The van der Waals surface area contributed by atoms with Crippen LogP contribution in [0.4, 0.5) is 10.1 Å². The van der Waals surface area contributed by atoms with Gasteiger partial charge in [-0.15, -0.1) is 0 Å². The molecule has 30 heavy (non-hydrogen) atoms. The third-order valence-corrected chi connectivity index (χ3v) is 5.20. The van der Waals surface area contributed by atoms with Crippen LogP contribution in [0.2, 0.25) is 0 Å². The summed E-state index contributed by atoms with van der Waals surface area (Å²) in [5.41, 5.74) is 3.96. The van der Waals surface area contributed by atoms with E-state index in [4.69, 9.17) is 12.2 Å². The normalized spacial score (nSPS) is 12.3. The largest absolute Gasteiger partial charge is 0.502 e. The smallest absolute Gasteiger partial charge is 0.288 e. The predicted octanol–water partition coefficient (Wildman–Crippen LogP) is 6.04. The number of nitrogens with one attached hydrogen (secondary N) is 1. The lowest BCUT2D eigenvalue weighted by Crippen LogP contribution is -2.39. The number of benzene rings is 2. The molecule has 3 aromatic rings. The molecule has 5 heteroatoms. The zero-order valence-corrected chi connectivity index (χ0v) is 18.4. The second-order valence-electron chi connectivity index (χ2n) is 8.22. The summed E-state index contributed by atoms with van der Waals surface area (Å²) in [5.74, 6) is -0.398. The van der Waals surface area contributed by atoms with Gasteiger partial charge >= 0.3 is 0 Å². The monoisotopic (exact) mass is 421 g/mol. The van der Waals surface area contributed by atoms with E-state index < -0.39 is 0 Å². The minimum atomic E-state index is -0.365. The average Bonchev–Trinajstić information content (AvgIpc) is 2.70. The number of halogens is 1. The maximum atomic E-state index is 13.4. The Bertz CT molecular complexity index is 1080. The number of aliphatic hydroxyl groups is 1. The Morgan fingerprint density at radius 2 is 1.57 bits per heavy atom. The number of nitrogens with zero attached hydrogens (tertiary/aromatic N) is 1. The quantitative estimate of drug-likeness (QED) is 0.233. The van der Waals surface area contributed by atoms with E-state index in [0.29, 0.717) is 16.2 Å². The fourth-order valence-corrected chi connectivity index (χ4v) is 3.37. The number of pyridine rings is 1. The molecule has 0 radical (unpaired) electrons. The highest BCUT2D eigenvalue weighted by molar-refractivity contribution is 7.81. The van der Waals surface area contributed by atoms with Crippen molar-refractivity contribution in [1.82, 2.24) is 0 Å². The minimum absolute atomic E-state index is 0.00186. The van der Waals surface area contributed by atoms with Crippen molar-refractivity contribution in [2.45, 2.75) is 33.1 Å². The zero-order valence-electron chi connectivity index (χ0n) is 17.6. The Morgan fingerprint density at radius 1 is 0.967 bits per heavy atom. The molecule has 3 nitrogen and oxygen atoms in total. The molecule has 1 heterocycles. The van der Waals surface area contributed by atoms with Crippen molar-refractivity contribution in [3.63, 3.8) is 0 Å². The summed E-state index contributed by atoms with van der Waals surface area (Å²) in [4.78, 5) is 0.361. The maximum absolute atomic E-state index is 13.4. The van der Waals surface area contributed by atoms with Crippen LogP contribution >= 0.6 is 12.2 Å². The molecule has 2 aromatic carbocycles. The molecule has 0 aliphatic heterocycles. The van der Waals surface area contributed by atoms with Crippen LogP contribution in [0, 0.1) is 12.7 Å². The highest BCUT2D eigenvalue weighted by Gasteiger charge is 2.25. The van der Waals surface area contributed by atoms with Crippen LogP contribution in [0.15, 0.2) is 73.1 Å². The van der Waals surface area contributed by atoms with Gasteiger partial charge in [0.1, 0.15) is 5.82 Å². The number of hydrogen-bond acceptors (Lipinski definition) is 2. The van der Waals surface area contributed by atoms with E-state index in [1.54, 1.807) is 4.57 Å². The van der Waals surface area contributed by atoms with Crippen molar-refractivity contribution >= 4 is 34.3 Å². The number of aryl methyl sites for hydroxylation is 1. The van der Waals surface area contributed by atoms with E-state index in [-0.39, 0.29) is 17.0 Å². The van der Waals surface area contributed by atoms with Crippen LogP contribution in [0.25, 0.3) is 11.5 Å². The lowest BCUT2D eigenvalue weighted by Gasteiger charge is -2.18. The van der Waals surface area contributed by atoms with Crippen molar-refractivity contribution in [2.24, 2.45) is 0 Å². The van der Waals surface area contributed by atoms with Crippen molar-refractivity contribution < 1.29 is 14.1 Å². The lowest BCUT2D eigenvalue weighted by molar-refractivity contribution is -0.575. The summed E-state index contributed by atoms with van der Waals surface area (Å²) in [7, 11) is 0. The summed E-state index contributed by atoms with van der Waals surface area (Å²) in [6.07, 6.45) is 3.75. The van der Waals surface area contributed by atoms with Gasteiger partial charge in [-0.1, -0.05) is 51.2 Å². The highest BCUT2D eigenvalue weighted by Crippen LogP contribution is 2.23. The van der Waals surface area contributed by atoms with Gasteiger partial charge in [0.2, 0.25) is 0 Å². The number of anilines is 1. The van der Waals surface area contributed by atoms with Gasteiger partial charge in [-0.25, -0.2) is 4.39 Å². The molecule has 1 aromatic heterocycles. The van der Waals surface area contributed by atoms with Gasteiger partial charge in [0.15, 0.2) is 23.1 Å². The minimum Gasteiger partial charge on any atom is -0.502 e. The van der Waals surface area contributed by atoms with Crippen molar-refractivity contribution in [1.29, 1.82) is 0 Å². The maximum Gasteiger partial charge on any atom is 0.288 e. The summed E-state index contributed by atoms with van der Waals surface area (Å²) in [5, 5.41) is 14.3. The first-order chi connectivity index (χ1) is 14.2. The molecule has 0 saturated carbocycles. The average molecular weight is 422 g/mol. The third kappa shape index (κ3) is 4.92. The van der Waals surface area contributed by atoms with Crippen molar-refractivity contribution in [3.8, 4) is 0 Å². The number of aliphatic hydroxyl groups excluding tert-OH is 1. The molecule has 0 saturated heterocycles. The van der Waals surface area contributed by atoms with Gasteiger partial charge in [0, 0.05) is 23.4 Å². The molecule has 2 N–H and O–H groups in total. The molecule has 0 bridgehead atoms. The second-order valence-corrected chi connectivity index (χ2v) is 8.63. The molecule has 0 aliphatic rings. The molecule has 0 atom stereocenters. The van der Waals surface area contributed by atoms with Crippen molar-refractivity contribution in [3.05, 3.63) is 95.6 Å². The summed E-state index contributed by atoms with van der Waals surface area (Å²) in [6, 6.07) is 17.5. The van der Waals surface area contributed by atoms with Gasteiger partial charge in [-0.05, 0) is 53.8 Å². The number of aromatic nitrogens is 1. The number of hydrogen-bond donors (Lipinski definition) is 2. The van der Waals surface area contributed by atoms with Crippen molar-refractivity contribution in [2.75, 3.05) is 5.32 Å². The Labute approximate surface area is 182 Å². The first kappa shape index (κ1) is 21.7. The van der Waals surface area contributed by atoms with Crippen LogP contribution < -0.4 is 9.88 Å². The fourth-order valence-electron chi connectivity index (χ4n) is 3.06.